The normalized spacial score (nSPS) is 24.0. The first kappa shape index (κ1) is 25.3. The molecule has 1 saturated heterocycles. The zero-order valence-electron chi connectivity index (χ0n) is 19.0. The average molecular weight is 508 g/mol. The van der Waals surface area contributed by atoms with Crippen molar-refractivity contribution in [2.24, 2.45) is 0 Å². The minimum atomic E-state index is -1.86. The Bertz CT molecular complexity index is 1330. The second-order valence-electron chi connectivity index (χ2n) is 7.94. The van der Waals surface area contributed by atoms with Gasteiger partial charge in [0.1, 0.15) is 35.6 Å². The van der Waals surface area contributed by atoms with E-state index in [1.54, 1.807) is 0 Å². The maximum absolute atomic E-state index is 13.6. The number of aliphatic hydroxyl groups is 4. The van der Waals surface area contributed by atoms with Crippen LogP contribution < -0.4 is 19.6 Å². The minimum Gasteiger partial charge on any atom is -0.507 e. The molecule has 1 aliphatic rings. The number of fused-ring (bicyclic) bond motifs is 1. The van der Waals surface area contributed by atoms with Crippen molar-refractivity contribution >= 4 is 11.0 Å². The molecule has 194 valence electrons. The van der Waals surface area contributed by atoms with Gasteiger partial charge in [0, 0.05) is 11.6 Å². The summed E-state index contributed by atoms with van der Waals surface area (Å²) in [6.07, 6.45) is -8.42. The Labute approximate surface area is 202 Å². The predicted molar refractivity (Wildman–Crippen MR) is 120 cm³/mol. The summed E-state index contributed by atoms with van der Waals surface area (Å²) in [5, 5.41) is 70.1. The molecule has 2 heterocycles. The van der Waals surface area contributed by atoms with Gasteiger partial charge in [-0.2, -0.15) is 0 Å². The van der Waals surface area contributed by atoms with E-state index in [-0.39, 0.29) is 34.2 Å². The number of phenols is 3. The van der Waals surface area contributed by atoms with Crippen LogP contribution in [0.3, 0.4) is 0 Å². The van der Waals surface area contributed by atoms with Crippen LogP contribution in [0.5, 0.6) is 34.5 Å². The third-order valence-electron chi connectivity index (χ3n) is 5.77. The lowest BCUT2D eigenvalue weighted by Gasteiger charge is -2.39. The maximum atomic E-state index is 13.6. The van der Waals surface area contributed by atoms with Gasteiger partial charge < -0.3 is 59.1 Å². The highest BCUT2D eigenvalue weighted by Gasteiger charge is 2.45. The van der Waals surface area contributed by atoms with Gasteiger partial charge in [-0.1, -0.05) is 0 Å². The zero-order valence-corrected chi connectivity index (χ0v) is 19.0. The number of benzene rings is 2. The molecule has 0 aliphatic carbocycles. The Morgan fingerprint density at radius 3 is 2.25 bits per heavy atom. The quantitative estimate of drug-likeness (QED) is 0.230. The van der Waals surface area contributed by atoms with Gasteiger partial charge in [0.25, 0.3) is 0 Å². The number of phenolic OH excluding ortho intramolecular Hbond substituents is 3. The van der Waals surface area contributed by atoms with Gasteiger partial charge in [0.15, 0.2) is 28.6 Å². The van der Waals surface area contributed by atoms with Crippen LogP contribution in [0.25, 0.3) is 22.3 Å². The van der Waals surface area contributed by atoms with Crippen molar-refractivity contribution in [1.82, 2.24) is 0 Å². The maximum Gasteiger partial charge on any atom is 0.239 e. The average Bonchev–Trinajstić information content (AvgIpc) is 2.85. The molecule has 13 nitrogen and oxygen atoms in total. The number of hydrogen-bond acceptors (Lipinski definition) is 13. The van der Waals surface area contributed by atoms with Crippen molar-refractivity contribution < 1.29 is 59.1 Å². The van der Waals surface area contributed by atoms with E-state index < -0.39 is 65.4 Å². The molecule has 2 unspecified atom stereocenters. The molecular formula is C23H24O13. The van der Waals surface area contributed by atoms with Crippen molar-refractivity contribution in [2.45, 2.75) is 30.7 Å². The monoisotopic (exact) mass is 508 g/mol. The molecule has 4 rings (SSSR count). The Morgan fingerprint density at radius 2 is 1.61 bits per heavy atom. The Hall–Kier alpha value is -3.75. The second-order valence-corrected chi connectivity index (χ2v) is 7.94. The third-order valence-corrected chi connectivity index (χ3v) is 5.77. The first-order valence-corrected chi connectivity index (χ1v) is 10.6. The smallest absolute Gasteiger partial charge is 0.239 e. The van der Waals surface area contributed by atoms with Gasteiger partial charge in [-0.3, -0.25) is 4.79 Å². The summed E-state index contributed by atoms with van der Waals surface area (Å²) in [6.45, 7) is -0.740. The van der Waals surface area contributed by atoms with Gasteiger partial charge in [0.05, 0.1) is 20.8 Å². The van der Waals surface area contributed by atoms with E-state index in [0.29, 0.717) is 0 Å². The number of ether oxygens (including phenoxy) is 4. The van der Waals surface area contributed by atoms with Crippen LogP contribution in [-0.4, -0.2) is 87.3 Å². The van der Waals surface area contributed by atoms with Crippen LogP contribution in [0.2, 0.25) is 0 Å². The Morgan fingerprint density at radius 1 is 0.889 bits per heavy atom. The van der Waals surface area contributed by atoms with E-state index in [4.69, 9.17) is 23.4 Å². The summed E-state index contributed by atoms with van der Waals surface area (Å²) in [4.78, 5) is 13.6. The van der Waals surface area contributed by atoms with Gasteiger partial charge in [-0.05, 0) is 18.2 Å². The molecule has 7 N–H and O–H groups in total. The highest BCUT2D eigenvalue weighted by atomic mass is 16.7. The minimum absolute atomic E-state index is 0.000225. The summed E-state index contributed by atoms with van der Waals surface area (Å²) >= 11 is 0. The number of aliphatic hydroxyl groups excluding tert-OH is 4. The third kappa shape index (κ3) is 4.12. The second kappa shape index (κ2) is 9.72. The highest BCUT2D eigenvalue weighted by molar-refractivity contribution is 5.93. The topological polar surface area (TPSA) is 209 Å². The van der Waals surface area contributed by atoms with Crippen molar-refractivity contribution in [3.63, 3.8) is 0 Å². The molecule has 2 aromatic carbocycles. The Kier molecular flexibility index (Phi) is 6.84. The molecule has 0 bridgehead atoms. The summed E-state index contributed by atoms with van der Waals surface area (Å²) in [5.41, 5.74) is -1.21. The van der Waals surface area contributed by atoms with E-state index in [1.807, 2.05) is 0 Å². The van der Waals surface area contributed by atoms with E-state index in [2.05, 4.69) is 0 Å². The van der Waals surface area contributed by atoms with Crippen LogP contribution in [0.1, 0.15) is 0 Å². The summed E-state index contributed by atoms with van der Waals surface area (Å²) in [5.74, 6) is -2.62. The van der Waals surface area contributed by atoms with Crippen molar-refractivity contribution in [1.29, 1.82) is 0 Å². The molecule has 3 aromatic rings. The molecule has 36 heavy (non-hydrogen) atoms. The van der Waals surface area contributed by atoms with E-state index in [9.17, 15) is 40.5 Å². The van der Waals surface area contributed by atoms with Crippen LogP contribution in [0.15, 0.2) is 33.5 Å². The van der Waals surface area contributed by atoms with E-state index in [1.165, 1.54) is 32.4 Å². The first-order valence-electron chi connectivity index (χ1n) is 10.6. The number of hydrogen-bond donors (Lipinski definition) is 7. The van der Waals surface area contributed by atoms with Gasteiger partial charge in [-0.25, -0.2) is 0 Å². The number of aromatic hydroxyl groups is 3. The van der Waals surface area contributed by atoms with Crippen LogP contribution in [0.4, 0.5) is 0 Å². The predicted octanol–water partition coefficient (Wildman–Crippen LogP) is -0.227. The fraction of sp³-hybridized carbons (Fsp3) is 0.348. The van der Waals surface area contributed by atoms with E-state index in [0.717, 1.165) is 6.07 Å². The van der Waals surface area contributed by atoms with Crippen LogP contribution >= 0.6 is 0 Å². The lowest BCUT2D eigenvalue weighted by Crippen LogP contribution is -2.60. The van der Waals surface area contributed by atoms with Gasteiger partial charge in [0.2, 0.25) is 23.2 Å². The molecule has 1 aromatic heterocycles. The molecule has 1 aliphatic heterocycles. The van der Waals surface area contributed by atoms with Gasteiger partial charge >= 0.3 is 0 Å². The molecule has 0 saturated carbocycles. The van der Waals surface area contributed by atoms with Gasteiger partial charge in [-0.15, -0.1) is 0 Å². The fourth-order valence-corrected chi connectivity index (χ4v) is 3.89. The molecule has 13 heteroatoms. The molecule has 0 radical (unpaired) electrons. The van der Waals surface area contributed by atoms with Crippen molar-refractivity contribution in [2.75, 3.05) is 20.8 Å². The van der Waals surface area contributed by atoms with Crippen LogP contribution in [0, 0.1) is 0 Å². The fourth-order valence-electron chi connectivity index (χ4n) is 3.89. The highest BCUT2D eigenvalue weighted by Crippen LogP contribution is 2.44. The summed E-state index contributed by atoms with van der Waals surface area (Å²) < 4.78 is 27.1. The molecule has 0 amide bonds. The van der Waals surface area contributed by atoms with Crippen molar-refractivity contribution in [3.05, 3.63) is 34.5 Å². The lowest BCUT2D eigenvalue weighted by atomic mass is 9.99. The first-order chi connectivity index (χ1) is 17.1. The standard InChI is InChI=1S/C23H24O13/c1-32-12-5-8(3-4-9(12)25)19-22(36-23-18(31)17(30)15(28)13(7-24)34-23)16(29)14-10(26)6-11(27)20(33-2)21(14)35-19/h3-6,13,15,17-18,23-28,30-31H,7H2,1-2H3/t13-,15+,17?,18?,23+/m1/s1. The zero-order chi connectivity index (χ0) is 26.3. The number of methoxy groups -OCH3 is 2. The SMILES string of the molecule is COc1cc(-c2oc3c(OC)c(O)cc(O)c3c(=O)c2O[C@@H]2O[C@H](CO)[C@H](O)C(O)C2O)ccc1O. The lowest BCUT2D eigenvalue weighted by molar-refractivity contribution is -0.277. The summed E-state index contributed by atoms with van der Waals surface area (Å²) in [7, 11) is 2.49. The molecule has 1 fully saturated rings. The van der Waals surface area contributed by atoms with Crippen molar-refractivity contribution in [3.8, 4) is 45.8 Å². The molecule has 0 spiro atoms. The number of rotatable bonds is 6. The molecular weight excluding hydrogens is 484 g/mol. The summed E-state index contributed by atoms with van der Waals surface area (Å²) in [6, 6.07) is 4.75. The van der Waals surface area contributed by atoms with E-state index >= 15 is 0 Å². The molecule has 5 atom stereocenters. The Balaban J connectivity index is 1.98. The largest absolute Gasteiger partial charge is 0.507 e. The van der Waals surface area contributed by atoms with Crippen LogP contribution in [-0.2, 0) is 4.74 Å².